The molecule has 0 bridgehead atoms. The highest BCUT2D eigenvalue weighted by Gasteiger charge is 2.44. The highest BCUT2D eigenvalue weighted by Crippen LogP contribution is 2.29. The molecular formula is C18H24N2O4S. The van der Waals surface area contributed by atoms with Gasteiger partial charge < -0.3 is 5.32 Å². The quantitative estimate of drug-likeness (QED) is 0.886. The maximum Gasteiger partial charge on any atom is 0.267 e. The number of aryl methyl sites for hydroxylation is 2. The molecule has 2 aliphatic rings. The van der Waals surface area contributed by atoms with E-state index in [0.717, 1.165) is 41.1 Å². The van der Waals surface area contributed by atoms with Gasteiger partial charge in [-0.3, -0.25) is 9.59 Å². The van der Waals surface area contributed by atoms with Gasteiger partial charge >= 0.3 is 0 Å². The molecule has 136 valence electrons. The molecule has 1 aromatic rings. The zero-order valence-corrected chi connectivity index (χ0v) is 15.4. The summed E-state index contributed by atoms with van der Waals surface area (Å²) in [5, 5.41) is 2.92. The van der Waals surface area contributed by atoms with Crippen molar-refractivity contribution in [3.63, 3.8) is 0 Å². The van der Waals surface area contributed by atoms with Crippen LogP contribution in [0.5, 0.6) is 0 Å². The maximum atomic E-state index is 13.0. The number of rotatable bonds is 4. The molecule has 1 N–H and O–H groups in total. The van der Waals surface area contributed by atoms with E-state index in [-0.39, 0.29) is 29.7 Å². The van der Waals surface area contributed by atoms with Crippen molar-refractivity contribution in [2.24, 2.45) is 0 Å². The Morgan fingerprint density at radius 1 is 1.12 bits per heavy atom. The van der Waals surface area contributed by atoms with E-state index in [2.05, 4.69) is 5.32 Å². The van der Waals surface area contributed by atoms with Crippen LogP contribution in [0.2, 0.25) is 0 Å². The minimum Gasteiger partial charge on any atom is -0.352 e. The van der Waals surface area contributed by atoms with Crippen molar-refractivity contribution in [1.82, 2.24) is 9.62 Å². The Morgan fingerprint density at radius 3 is 2.44 bits per heavy atom. The SMILES string of the molecule is Cc1ccc(S(=O)(=O)N2C(=O)CC[C@@H]2C(=O)NC2CCCC2)cc1C. The van der Waals surface area contributed by atoms with E-state index in [9.17, 15) is 18.0 Å². The molecule has 0 spiro atoms. The fraction of sp³-hybridized carbons (Fsp3) is 0.556. The van der Waals surface area contributed by atoms with Gasteiger partial charge in [0.1, 0.15) is 6.04 Å². The Hall–Kier alpha value is -1.89. The van der Waals surface area contributed by atoms with E-state index in [1.165, 1.54) is 6.07 Å². The summed E-state index contributed by atoms with van der Waals surface area (Å²) in [6.07, 6.45) is 4.28. The summed E-state index contributed by atoms with van der Waals surface area (Å²) in [4.78, 5) is 24.9. The van der Waals surface area contributed by atoms with Crippen LogP contribution >= 0.6 is 0 Å². The second kappa shape index (κ2) is 6.78. The minimum absolute atomic E-state index is 0.0597. The molecule has 2 amide bonds. The van der Waals surface area contributed by atoms with Gasteiger partial charge in [-0.05, 0) is 56.4 Å². The van der Waals surface area contributed by atoms with Crippen LogP contribution < -0.4 is 5.32 Å². The summed E-state index contributed by atoms with van der Waals surface area (Å²) in [5.74, 6) is -0.866. The Labute approximate surface area is 148 Å². The van der Waals surface area contributed by atoms with Gasteiger partial charge in [0, 0.05) is 12.5 Å². The number of sulfonamides is 1. The molecule has 1 saturated carbocycles. The molecule has 1 atom stereocenters. The molecule has 1 aliphatic carbocycles. The molecule has 0 unspecified atom stereocenters. The first-order chi connectivity index (χ1) is 11.8. The fourth-order valence-electron chi connectivity index (χ4n) is 3.56. The molecule has 1 heterocycles. The molecule has 1 aliphatic heterocycles. The predicted octanol–water partition coefficient (Wildman–Crippen LogP) is 2.04. The minimum atomic E-state index is -4.03. The van der Waals surface area contributed by atoms with Gasteiger partial charge in [0.2, 0.25) is 11.8 Å². The molecular weight excluding hydrogens is 340 g/mol. The summed E-state index contributed by atoms with van der Waals surface area (Å²) in [7, 11) is -4.03. The fourth-order valence-corrected chi connectivity index (χ4v) is 5.24. The standard InChI is InChI=1S/C18H24N2O4S/c1-12-7-8-15(11-13(12)2)25(23,24)20-16(9-10-17(20)21)18(22)19-14-5-3-4-6-14/h7-8,11,14,16H,3-6,9-10H2,1-2H3,(H,19,22)/t16-/m1/s1. The number of hydrogen-bond donors (Lipinski definition) is 1. The molecule has 0 aromatic heterocycles. The number of carbonyl (C=O) groups is 2. The van der Waals surface area contributed by atoms with Crippen molar-refractivity contribution in [2.75, 3.05) is 0 Å². The van der Waals surface area contributed by atoms with Crippen LogP contribution in [-0.2, 0) is 19.6 Å². The van der Waals surface area contributed by atoms with Crippen LogP contribution in [0.3, 0.4) is 0 Å². The van der Waals surface area contributed by atoms with E-state index in [1.807, 2.05) is 13.8 Å². The van der Waals surface area contributed by atoms with Crippen molar-refractivity contribution in [1.29, 1.82) is 0 Å². The molecule has 1 aromatic carbocycles. The average Bonchev–Trinajstić information content (AvgIpc) is 3.19. The zero-order valence-electron chi connectivity index (χ0n) is 14.6. The first-order valence-corrected chi connectivity index (χ1v) is 10.2. The maximum absolute atomic E-state index is 13.0. The first kappa shape index (κ1) is 17.9. The normalized spacial score (nSPS) is 21.8. The van der Waals surface area contributed by atoms with Crippen LogP contribution in [-0.4, -0.2) is 36.6 Å². The molecule has 2 fully saturated rings. The first-order valence-electron chi connectivity index (χ1n) is 8.75. The van der Waals surface area contributed by atoms with Gasteiger partial charge in [0.25, 0.3) is 10.0 Å². The van der Waals surface area contributed by atoms with Crippen LogP contribution in [0.15, 0.2) is 23.1 Å². The third-order valence-electron chi connectivity index (χ3n) is 5.20. The Morgan fingerprint density at radius 2 is 1.80 bits per heavy atom. The van der Waals surface area contributed by atoms with Crippen molar-refractivity contribution < 1.29 is 18.0 Å². The number of carbonyl (C=O) groups excluding carboxylic acids is 2. The van der Waals surface area contributed by atoms with Crippen molar-refractivity contribution in [3.8, 4) is 0 Å². The molecule has 1 saturated heterocycles. The number of nitrogens with one attached hydrogen (secondary N) is 1. The van der Waals surface area contributed by atoms with Crippen LogP contribution in [0.4, 0.5) is 0 Å². The second-order valence-electron chi connectivity index (χ2n) is 6.99. The van der Waals surface area contributed by atoms with Gasteiger partial charge in [-0.25, -0.2) is 12.7 Å². The lowest BCUT2D eigenvalue weighted by Crippen LogP contribution is -2.49. The molecule has 3 rings (SSSR count). The molecule has 0 radical (unpaired) electrons. The third kappa shape index (κ3) is 3.42. The summed E-state index contributed by atoms with van der Waals surface area (Å²) >= 11 is 0. The molecule has 7 heteroatoms. The van der Waals surface area contributed by atoms with E-state index in [0.29, 0.717) is 0 Å². The van der Waals surface area contributed by atoms with Gasteiger partial charge in [-0.1, -0.05) is 18.9 Å². The third-order valence-corrected chi connectivity index (χ3v) is 7.03. The number of benzene rings is 1. The molecule has 6 nitrogen and oxygen atoms in total. The van der Waals surface area contributed by atoms with Crippen LogP contribution in [0.1, 0.15) is 49.7 Å². The monoisotopic (exact) mass is 364 g/mol. The Bertz CT molecular complexity index is 797. The summed E-state index contributed by atoms with van der Waals surface area (Å²) < 4.78 is 26.8. The number of amides is 2. The topological polar surface area (TPSA) is 83.6 Å². The molecule has 25 heavy (non-hydrogen) atoms. The predicted molar refractivity (Wildman–Crippen MR) is 93.4 cm³/mol. The lowest BCUT2D eigenvalue weighted by Gasteiger charge is -2.25. The van der Waals surface area contributed by atoms with Crippen molar-refractivity contribution >= 4 is 21.8 Å². The number of nitrogens with zero attached hydrogens (tertiary/aromatic N) is 1. The van der Waals surface area contributed by atoms with Gasteiger partial charge in [-0.2, -0.15) is 0 Å². The Balaban J connectivity index is 1.87. The number of hydrogen-bond acceptors (Lipinski definition) is 4. The lowest BCUT2D eigenvalue weighted by atomic mass is 10.1. The zero-order chi connectivity index (χ0) is 18.2. The van der Waals surface area contributed by atoms with Gasteiger partial charge in [0.05, 0.1) is 4.90 Å². The van der Waals surface area contributed by atoms with Crippen molar-refractivity contribution in [2.45, 2.75) is 69.4 Å². The summed E-state index contributed by atoms with van der Waals surface area (Å²) in [5.41, 5.74) is 1.81. The smallest absolute Gasteiger partial charge is 0.267 e. The highest BCUT2D eigenvalue weighted by atomic mass is 32.2. The lowest BCUT2D eigenvalue weighted by molar-refractivity contribution is -0.131. The summed E-state index contributed by atoms with van der Waals surface area (Å²) in [6, 6.07) is 3.92. The van der Waals surface area contributed by atoms with E-state index < -0.39 is 22.0 Å². The highest BCUT2D eigenvalue weighted by molar-refractivity contribution is 7.89. The average molecular weight is 364 g/mol. The van der Waals surface area contributed by atoms with Gasteiger partial charge in [0.15, 0.2) is 0 Å². The van der Waals surface area contributed by atoms with E-state index in [1.54, 1.807) is 12.1 Å². The van der Waals surface area contributed by atoms with Gasteiger partial charge in [-0.15, -0.1) is 0 Å². The van der Waals surface area contributed by atoms with E-state index >= 15 is 0 Å². The largest absolute Gasteiger partial charge is 0.352 e. The summed E-state index contributed by atoms with van der Waals surface area (Å²) in [6.45, 7) is 3.72. The van der Waals surface area contributed by atoms with Crippen LogP contribution in [0, 0.1) is 13.8 Å². The second-order valence-corrected chi connectivity index (χ2v) is 8.80. The van der Waals surface area contributed by atoms with Crippen molar-refractivity contribution in [3.05, 3.63) is 29.3 Å². The van der Waals surface area contributed by atoms with Crippen LogP contribution in [0.25, 0.3) is 0 Å². The Kier molecular flexibility index (Phi) is 4.86. The van der Waals surface area contributed by atoms with E-state index in [4.69, 9.17) is 0 Å².